The molecule has 3 rings (SSSR count). The molecule has 0 bridgehead atoms. The first-order valence-electron chi connectivity index (χ1n) is 6.64. The zero-order chi connectivity index (χ0) is 14.0. The second-order valence-electron chi connectivity index (χ2n) is 5.21. The highest BCUT2D eigenvalue weighted by molar-refractivity contribution is 6.30. The van der Waals surface area contributed by atoms with Gasteiger partial charge in [0, 0.05) is 23.0 Å². The van der Waals surface area contributed by atoms with Crippen molar-refractivity contribution in [3.8, 4) is 0 Å². The summed E-state index contributed by atoms with van der Waals surface area (Å²) in [5.74, 6) is -0.195. The van der Waals surface area contributed by atoms with Crippen molar-refractivity contribution in [2.45, 2.75) is 24.7 Å². The Hall–Kier alpha value is -1.81. The Balaban J connectivity index is 1.70. The average molecular weight is 291 g/mol. The van der Waals surface area contributed by atoms with E-state index < -0.39 is 0 Å². The summed E-state index contributed by atoms with van der Waals surface area (Å²) < 4.78 is 4.68. The predicted octanol–water partition coefficient (Wildman–Crippen LogP) is 3.18. The van der Waals surface area contributed by atoms with E-state index in [-0.39, 0.29) is 11.3 Å². The smallest absolute Gasteiger partial charge is 0.273 e. The summed E-state index contributed by atoms with van der Waals surface area (Å²) >= 11 is 5.93. The molecule has 0 radical (unpaired) electrons. The van der Waals surface area contributed by atoms with E-state index in [0.29, 0.717) is 12.2 Å². The molecule has 0 atom stereocenters. The maximum atomic E-state index is 11.9. The second kappa shape index (κ2) is 5.29. The lowest BCUT2D eigenvalue weighted by atomic mass is 9.64. The van der Waals surface area contributed by atoms with E-state index in [4.69, 9.17) is 11.6 Å². The van der Waals surface area contributed by atoms with Crippen LogP contribution in [0.4, 0.5) is 0 Å². The maximum Gasteiger partial charge on any atom is 0.273 e. The molecular formula is C15H15ClN2O2. The van der Waals surface area contributed by atoms with Crippen LogP contribution in [0.15, 0.2) is 41.1 Å². The van der Waals surface area contributed by atoms with E-state index in [2.05, 4.69) is 15.0 Å². The SMILES string of the molecule is O=C(NCC1(c2ccc(Cl)cc2)CCC1)c1ccon1. The molecule has 1 aliphatic carbocycles. The number of halogens is 1. The van der Waals surface area contributed by atoms with E-state index >= 15 is 0 Å². The fraction of sp³-hybridized carbons (Fsp3) is 0.333. The molecule has 4 nitrogen and oxygen atoms in total. The molecule has 5 heteroatoms. The second-order valence-corrected chi connectivity index (χ2v) is 5.64. The highest BCUT2D eigenvalue weighted by atomic mass is 35.5. The lowest BCUT2D eigenvalue weighted by Crippen LogP contribution is -2.45. The van der Waals surface area contributed by atoms with Crippen LogP contribution in [0.3, 0.4) is 0 Å². The standard InChI is InChI=1S/C15H15ClN2O2/c16-12-4-2-11(3-5-12)15(7-1-8-15)10-17-14(19)13-6-9-20-18-13/h2-6,9H,1,7-8,10H2,(H,17,19). The number of rotatable bonds is 4. The van der Waals surface area contributed by atoms with Crippen LogP contribution >= 0.6 is 11.6 Å². The van der Waals surface area contributed by atoms with E-state index in [1.807, 2.05) is 24.3 Å². The zero-order valence-corrected chi connectivity index (χ0v) is 11.7. The molecule has 104 valence electrons. The van der Waals surface area contributed by atoms with E-state index in [1.165, 1.54) is 18.2 Å². The molecule has 20 heavy (non-hydrogen) atoms. The fourth-order valence-electron chi connectivity index (χ4n) is 2.64. The Morgan fingerprint density at radius 3 is 2.60 bits per heavy atom. The first-order chi connectivity index (χ1) is 9.70. The van der Waals surface area contributed by atoms with Gasteiger partial charge in [0.15, 0.2) is 5.69 Å². The van der Waals surface area contributed by atoms with Crippen LogP contribution in [-0.2, 0) is 5.41 Å². The summed E-state index contributed by atoms with van der Waals surface area (Å²) in [4.78, 5) is 11.9. The van der Waals surface area contributed by atoms with E-state index in [9.17, 15) is 4.79 Å². The van der Waals surface area contributed by atoms with Gasteiger partial charge >= 0.3 is 0 Å². The highest BCUT2D eigenvalue weighted by Gasteiger charge is 2.38. The molecule has 1 fully saturated rings. The van der Waals surface area contributed by atoms with Crippen LogP contribution in [0.5, 0.6) is 0 Å². The molecule has 1 aromatic carbocycles. The van der Waals surface area contributed by atoms with Gasteiger partial charge in [-0.3, -0.25) is 4.79 Å². The normalized spacial score (nSPS) is 16.4. The third kappa shape index (κ3) is 2.43. The molecule has 0 unspecified atom stereocenters. The molecule has 0 saturated heterocycles. The van der Waals surface area contributed by atoms with Crippen LogP contribution in [0.25, 0.3) is 0 Å². The summed E-state index contributed by atoms with van der Waals surface area (Å²) in [6, 6.07) is 9.45. The van der Waals surface area contributed by atoms with Crippen molar-refractivity contribution in [2.24, 2.45) is 0 Å². The van der Waals surface area contributed by atoms with Crippen LogP contribution in [0.2, 0.25) is 5.02 Å². The number of nitrogens with one attached hydrogen (secondary N) is 1. The predicted molar refractivity (Wildman–Crippen MR) is 75.8 cm³/mol. The van der Waals surface area contributed by atoms with Crippen molar-refractivity contribution in [3.05, 3.63) is 52.9 Å². The molecule has 1 N–H and O–H groups in total. The fourth-order valence-corrected chi connectivity index (χ4v) is 2.77. The monoisotopic (exact) mass is 290 g/mol. The van der Waals surface area contributed by atoms with Gasteiger partial charge in [-0.15, -0.1) is 0 Å². The van der Waals surface area contributed by atoms with Gasteiger partial charge in [-0.1, -0.05) is 35.3 Å². The Morgan fingerprint density at radius 2 is 2.05 bits per heavy atom. The molecule has 0 aliphatic heterocycles. The Bertz CT molecular complexity index is 589. The van der Waals surface area contributed by atoms with Crippen LogP contribution in [-0.4, -0.2) is 17.6 Å². The summed E-state index contributed by atoms with van der Waals surface area (Å²) in [6.45, 7) is 0.611. The van der Waals surface area contributed by atoms with Gasteiger partial charge in [0.2, 0.25) is 0 Å². The van der Waals surface area contributed by atoms with Crippen LogP contribution in [0.1, 0.15) is 35.3 Å². The van der Waals surface area contributed by atoms with Gasteiger partial charge in [-0.2, -0.15) is 0 Å². The summed E-state index contributed by atoms with van der Waals surface area (Å²) in [5.41, 5.74) is 1.58. The van der Waals surface area contributed by atoms with Gasteiger partial charge < -0.3 is 9.84 Å². The zero-order valence-electron chi connectivity index (χ0n) is 10.9. The highest BCUT2D eigenvalue weighted by Crippen LogP contribution is 2.43. The van der Waals surface area contributed by atoms with Gasteiger partial charge in [-0.05, 0) is 30.5 Å². The first kappa shape index (κ1) is 13.2. The maximum absolute atomic E-state index is 11.9. The molecule has 1 amide bonds. The molecule has 1 heterocycles. The number of amides is 1. The Morgan fingerprint density at radius 1 is 1.30 bits per heavy atom. The van der Waals surface area contributed by atoms with E-state index in [0.717, 1.165) is 17.9 Å². The minimum absolute atomic E-state index is 0.0317. The number of aromatic nitrogens is 1. The number of carbonyl (C=O) groups excluding carboxylic acids is 1. The largest absolute Gasteiger partial charge is 0.364 e. The molecule has 1 saturated carbocycles. The lowest BCUT2D eigenvalue weighted by molar-refractivity contribution is 0.0919. The van der Waals surface area contributed by atoms with Crippen molar-refractivity contribution in [1.82, 2.24) is 10.5 Å². The number of nitrogens with zero attached hydrogens (tertiary/aromatic N) is 1. The summed E-state index contributed by atoms with van der Waals surface area (Å²) in [7, 11) is 0. The third-order valence-corrected chi connectivity index (χ3v) is 4.28. The quantitative estimate of drug-likeness (QED) is 0.941. The van der Waals surface area contributed by atoms with Gasteiger partial charge in [-0.25, -0.2) is 0 Å². The molecule has 0 spiro atoms. The lowest BCUT2D eigenvalue weighted by Gasteiger charge is -2.42. The first-order valence-corrected chi connectivity index (χ1v) is 7.02. The molecular weight excluding hydrogens is 276 g/mol. The topological polar surface area (TPSA) is 55.1 Å². The van der Waals surface area contributed by atoms with Gasteiger partial charge in [0.25, 0.3) is 5.91 Å². The minimum Gasteiger partial charge on any atom is -0.364 e. The number of carbonyl (C=O) groups is 1. The van der Waals surface area contributed by atoms with Crippen molar-refractivity contribution in [1.29, 1.82) is 0 Å². The van der Waals surface area contributed by atoms with E-state index in [1.54, 1.807) is 6.07 Å². The Kier molecular flexibility index (Phi) is 3.49. The van der Waals surface area contributed by atoms with Crippen molar-refractivity contribution in [3.63, 3.8) is 0 Å². The van der Waals surface area contributed by atoms with Crippen LogP contribution < -0.4 is 5.32 Å². The third-order valence-electron chi connectivity index (χ3n) is 4.03. The Labute approximate surface area is 122 Å². The van der Waals surface area contributed by atoms with Crippen molar-refractivity contribution in [2.75, 3.05) is 6.54 Å². The van der Waals surface area contributed by atoms with Gasteiger partial charge in [0.05, 0.1) is 0 Å². The average Bonchev–Trinajstić information content (AvgIpc) is 2.93. The molecule has 1 aliphatic rings. The molecule has 1 aromatic heterocycles. The van der Waals surface area contributed by atoms with Crippen LogP contribution in [0, 0.1) is 0 Å². The van der Waals surface area contributed by atoms with Crippen molar-refractivity contribution >= 4 is 17.5 Å². The minimum atomic E-state index is -0.195. The van der Waals surface area contributed by atoms with Gasteiger partial charge in [0.1, 0.15) is 6.26 Å². The molecule has 2 aromatic rings. The summed E-state index contributed by atoms with van der Waals surface area (Å²) in [6.07, 6.45) is 4.73. The van der Waals surface area contributed by atoms with Crippen molar-refractivity contribution < 1.29 is 9.32 Å². The number of hydrogen-bond donors (Lipinski definition) is 1. The number of benzene rings is 1. The number of hydrogen-bond acceptors (Lipinski definition) is 3. The summed E-state index contributed by atoms with van der Waals surface area (Å²) in [5, 5.41) is 7.32.